The summed E-state index contributed by atoms with van der Waals surface area (Å²) >= 11 is 0. The molecule has 0 aromatic heterocycles. The zero-order chi connectivity index (χ0) is 16.5. The molecule has 0 radical (unpaired) electrons. The Hall–Kier alpha value is -0.870. The van der Waals surface area contributed by atoms with Crippen LogP contribution in [0, 0.1) is 0 Å². The molecule has 0 saturated carbocycles. The highest BCUT2D eigenvalue weighted by Crippen LogP contribution is 2.10. The molecule has 3 N–H and O–H groups in total. The Labute approximate surface area is 135 Å². The van der Waals surface area contributed by atoms with Gasteiger partial charge in [0.2, 0.25) is 0 Å². The smallest absolute Gasteiger partial charge is 0.303 e. The highest BCUT2D eigenvalue weighted by atomic mass is 16.4. The first kappa shape index (κ1) is 21.1. The lowest BCUT2D eigenvalue weighted by Gasteiger charge is -2.07. The largest absolute Gasteiger partial charge is 0.481 e. The van der Waals surface area contributed by atoms with Gasteiger partial charge >= 0.3 is 5.97 Å². The third-order valence-electron chi connectivity index (χ3n) is 3.78. The first-order valence-electron chi connectivity index (χ1n) is 8.82. The molecule has 1 atom stereocenters. The van der Waals surface area contributed by atoms with E-state index < -0.39 is 5.97 Å². The fraction of sp³-hybridized carbons (Fsp3) is 0.833. The Kier molecular flexibility index (Phi) is 15.8. The zero-order valence-electron chi connectivity index (χ0n) is 13.9. The molecule has 0 amide bonds. The predicted octanol–water partition coefficient (Wildman–Crippen LogP) is 4.05. The van der Waals surface area contributed by atoms with Crippen LogP contribution in [0.25, 0.3) is 0 Å². The molecule has 0 aliphatic carbocycles. The molecule has 22 heavy (non-hydrogen) atoms. The number of aliphatic hydroxyl groups is 2. The van der Waals surface area contributed by atoms with E-state index in [2.05, 4.69) is 12.2 Å². The van der Waals surface area contributed by atoms with E-state index in [1.807, 2.05) is 0 Å². The molecule has 0 aliphatic rings. The highest BCUT2D eigenvalue weighted by Gasteiger charge is 2.01. The van der Waals surface area contributed by atoms with Crippen molar-refractivity contribution in [3.8, 4) is 0 Å². The van der Waals surface area contributed by atoms with Gasteiger partial charge < -0.3 is 15.3 Å². The minimum absolute atomic E-state index is 0.235. The number of carboxylic acid groups (broad SMARTS) is 1. The van der Waals surface area contributed by atoms with E-state index in [0.717, 1.165) is 77.0 Å². The Balaban J connectivity index is 3.26. The summed E-state index contributed by atoms with van der Waals surface area (Å²) in [5.74, 6) is -0.699. The Bertz CT molecular complexity index is 276. The molecule has 0 heterocycles. The van der Waals surface area contributed by atoms with Crippen molar-refractivity contribution < 1.29 is 20.1 Å². The van der Waals surface area contributed by atoms with E-state index in [4.69, 9.17) is 10.2 Å². The van der Waals surface area contributed by atoms with Gasteiger partial charge in [-0.2, -0.15) is 0 Å². The molecule has 4 heteroatoms. The molecule has 130 valence electrons. The number of hydrogen-bond donors (Lipinski definition) is 3. The monoisotopic (exact) mass is 314 g/mol. The molecule has 4 nitrogen and oxygen atoms in total. The van der Waals surface area contributed by atoms with Crippen LogP contribution in [0.1, 0.15) is 83.5 Å². The van der Waals surface area contributed by atoms with Crippen LogP contribution in [-0.2, 0) is 4.79 Å². The number of allylic oxidation sites excluding steroid dienone is 1. The van der Waals surface area contributed by atoms with Crippen molar-refractivity contribution >= 4 is 5.97 Å². The van der Waals surface area contributed by atoms with Crippen molar-refractivity contribution in [1.82, 2.24) is 0 Å². The van der Waals surface area contributed by atoms with E-state index in [9.17, 15) is 9.90 Å². The lowest BCUT2D eigenvalue weighted by Crippen LogP contribution is -2.04. The fourth-order valence-corrected chi connectivity index (χ4v) is 2.40. The summed E-state index contributed by atoms with van der Waals surface area (Å²) in [6, 6.07) is 0. The first-order chi connectivity index (χ1) is 10.7. The standard InChI is InChI=1S/C18H34O4/c19-16-12-8-7-10-14-17(20)13-9-5-3-1-2-4-6-11-15-18(21)22/h5,9,17,19-20H,1-4,6-8,10-16H2,(H,21,22)/t17-/m0/s1. The van der Waals surface area contributed by atoms with Gasteiger partial charge in [0.25, 0.3) is 0 Å². The van der Waals surface area contributed by atoms with Crippen molar-refractivity contribution in [3.63, 3.8) is 0 Å². The maximum absolute atomic E-state index is 10.3. The first-order valence-corrected chi connectivity index (χ1v) is 8.82. The molecule has 0 rings (SSSR count). The number of aliphatic carboxylic acids is 1. The number of carboxylic acids is 1. The predicted molar refractivity (Wildman–Crippen MR) is 89.9 cm³/mol. The van der Waals surface area contributed by atoms with Gasteiger partial charge in [-0.25, -0.2) is 0 Å². The van der Waals surface area contributed by atoms with Gasteiger partial charge in [-0.15, -0.1) is 0 Å². The third kappa shape index (κ3) is 17.2. The van der Waals surface area contributed by atoms with E-state index >= 15 is 0 Å². The van der Waals surface area contributed by atoms with Gasteiger partial charge in [0.1, 0.15) is 0 Å². The third-order valence-corrected chi connectivity index (χ3v) is 3.78. The van der Waals surface area contributed by atoms with Crippen molar-refractivity contribution in [2.45, 2.75) is 89.6 Å². The Morgan fingerprint density at radius 1 is 0.864 bits per heavy atom. The van der Waals surface area contributed by atoms with Crippen LogP contribution in [0.15, 0.2) is 12.2 Å². The van der Waals surface area contributed by atoms with E-state index in [1.165, 1.54) is 0 Å². The molecular formula is C18H34O4. The van der Waals surface area contributed by atoms with Gasteiger partial charge in [0, 0.05) is 13.0 Å². The fourth-order valence-electron chi connectivity index (χ4n) is 2.40. The second kappa shape index (κ2) is 16.5. The maximum atomic E-state index is 10.3. The molecule has 0 spiro atoms. The lowest BCUT2D eigenvalue weighted by atomic mass is 10.1. The van der Waals surface area contributed by atoms with E-state index in [-0.39, 0.29) is 19.1 Å². The SMILES string of the molecule is O=C(O)CCCCCCCC=CC[C@H](O)CCCCCCO. The molecule has 0 aromatic carbocycles. The van der Waals surface area contributed by atoms with Crippen molar-refractivity contribution in [2.75, 3.05) is 6.61 Å². The Morgan fingerprint density at radius 2 is 1.50 bits per heavy atom. The summed E-state index contributed by atoms with van der Waals surface area (Å²) in [7, 11) is 0. The number of hydrogen-bond acceptors (Lipinski definition) is 3. The van der Waals surface area contributed by atoms with Crippen LogP contribution in [0.5, 0.6) is 0 Å². The average Bonchev–Trinajstić information content (AvgIpc) is 2.48. The normalized spacial score (nSPS) is 12.8. The summed E-state index contributed by atoms with van der Waals surface area (Å²) in [5.41, 5.74) is 0. The summed E-state index contributed by atoms with van der Waals surface area (Å²) in [5, 5.41) is 27.0. The average molecular weight is 314 g/mol. The van der Waals surface area contributed by atoms with Gasteiger partial charge in [-0.3, -0.25) is 4.79 Å². The van der Waals surface area contributed by atoms with Gasteiger partial charge in [-0.1, -0.05) is 50.7 Å². The maximum Gasteiger partial charge on any atom is 0.303 e. The number of unbranched alkanes of at least 4 members (excludes halogenated alkanes) is 8. The quantitative estimate of drug-likeness (QED) is 0.297. The Morgan fingerprint density at radius 3 is 2.23 bits per heavy atom. The van der Waals surface area contributed by atoms with Gasteiger partial charge in [0.15, 0.2) is 0 Å². The zero-order valence-corrected chi connectivity index (χ0v) is 13.9. The molecule has 0 saturated heterocycles. The van der Waals surface area contributed by atoms with Crippen molar-refractivity contribution in [3.05, 3.63) is 12.2 Å². The van der Waals surface area contributed by atoms with Gasteiger partial charge in [0.05, 0.1) is 6.10 Å². The highest BCUT2D eigenvalue weighted by molar-refractivity contribution is 5.66. The van der Waals surface area contributed by atoms with Crippen LogP contribution in [0.3, 0.4) is 0 Å². The minimum atomic E-state index is -0.699. The van der Waals surface area contributed by atoms with Crippen LogP contribution >= 0.6 is 0 Å². The topological polar surface area (TPSA) is 77.8 Å². The summed E-state index contributed by atoms with van der Waals surface area (Å²) in [6.45, 7) is 0.269. The van der Waals surface area contributed by atoms with Crippen LogP contribution in [-0.4, -0.2) is 34.0 Å². The number of rotatable bonds is 16. The summed E-state index contributed by atoms with van der Waals surface area (Å²) < 4.78 is 0. The molecule has 0 bridgehead atoms. The van der Waals surface area contributed by atoms with Gasteiger partial charge in [-0.05, 0) is 38.5 Å². The van der Waals surface area contributed by atoms with Crippen LogP contribution < -0.4 is 0 Å². The summed E-state index contributed by atoms with van der Waals surface area (Å²) in [6.07, 6.45) is 16.1. The van der Waals surface area contributed by atoms with Crippen molar-refractivity contribution in [2.24, 2.45) is 0 Å². The van der Waals surface area contributed by atoms with Crippen LogP contribution in [0.2, 0.25) is 0 Å². The second-order valence-corrected chi connectivity index (χ2v) is 5.99. The summed E-state index contributed by atoms with van der Waals surface area (Å²) in [4.78, 5) is 10.3. The molecular weight excluding hydrogens is 280 g/mol. The number of aliphatic hydroxyl groups excluding tert-OH is 2. The molecule has 0 aromatic rings. The lowest BCUT2D eigenvalue weighted by molar-refractivity contribution is -0.137. The minimum Gasteiger partial charge on any atom is -0.481 e. The number of carbonyl (C=O) groups is 1. The van der Waals surface area contributed by atoms with E-state index in [0.29, 0.717) is 0 Å². The molecule has 0 aliphatic heterocycles. The molecule has 0 fully saturated rings. The van der Waals surface area contributed by atoms with Crippen molar-refractivity contribution in [1.29, 1.82) is 0 Å². The molecule has 0 unspecified atom stereocenters. The van der Waals surface area contributed by atoms with Crippen LogP contribution in [0.4, 0.5) is 0 Å². The second-order valence-electron chi connectivity index (χ2n) is 5.99. The van der Waals surface area contributed by atoms with E-state index in [1.54, 1.807) is 0 Å².